The SMILES string of the molecule is CC[C@H]1C[C@@H]1C. The van der Waals surface area contributed by atoms with Crippen LogP contribution >= 0.6 is 0 Å². The van der Waals surface area contributed by atoms with E-state index in [0.29, 0.717) is 0 Å². The average molecular weight is 84.2 g/mol. The first-order valence-electron chi connectivity index (χ1n) is 2.84. The van der Waals surface area contributed by atoms with Gasteiger partial charge in [0.05, 0.1) is 0 Å². The summed E-state index contributed by atoms with van der Waals surface area (Å²) in [6.45, 7) is 4.60. The standard InChI is InChI=1S/C6H12/c1-3-6-4-5(6)2/h5-6H,3-4H2,1-2H3/t5-,6-/m0/s1. The van der Waals surface area contributed by atoms with Crippen molar-refractivity contribution in [3.05, 3.63) is 0 Å². The second kappa shape index (κ2) is 1.25. The Morgan fingerprint density at radius 3 is 2.17 bits per heavy atom. The van der Waals surface area contributed by atoms with Crippen LogP contribution in [0.4, 0.5) is 0 Å². The minimum absolute atomic E-state index is 1.06. The van der Waals surface area contributed by atoms with E-state index in [1.165, 1.54) is 12.8 Å². The molecule has 0 nitrogen and oxygen atoms in total. The Morgan fingerprint density at radius 2 is 2.17 bits per heavy atom. The molecule has 0 spiro atoms. The van der Waals surface area contributed by atoms with Crippen LogP contribution in [0.25, 0.3) is 0 Å². The van der Waals surface area contributed by atoms with Gasteiger partial charge in [0.2, 0.25) is 0 Å². The molecule has 6 heavy (non-hydrogen) atoms. The van der Waals surface area contributed by atoms with Crippen molar-refractivity contribution in [3.63, 3.8) is 0 Å². The van der Waals surface area contributed by atoms with Gasteiger partial charge in [-0.05, 0) is 18.3 Å². The zero-order valence-corrected chi connectivity index (χ0v) is 4.57. The fourth-order valence-corrected chi connectivity index (χ4v) is 0.968. The lowest BCUT2D eigenvalue weighted by atomic mass is 10.3. The van der Waals surface area contributed by atoms with E-state index in [1.807, 2.05) is 0 Å². The smallest absolute Gasteiger partial charge is 0.0388 e. The van der Waals surface area contributed by atoms with Crippen LogP contribution in [0.15, 0.2) is 0 Å². The Hall–Kier alpha value is 0. The van der Waals surface area contributed by atoms with Crippen molar-refractivity contribution in [1.82, 2.24) is 0 Å². The van der Waals surface area contributed by atoms with E-state index in [1.54, 1.807) is 0 Å². The third-order valence-corrected chi connectivity index (χ3v) is 1.80. The predicted octanol–water partition coefficient (Wildman–Crippen LogP) is 2.05. The molecule has 1 rings (SSSR count). The fraction of sp³-hybridized carbons (Fsp3) is 1.00. The van der Waals surface area contributed by atoms with E-state index in [2.05, 4.69) is 13.8 Å². The first-order chi connectivity index (χ1) is 2.84. The number of hydrogen-bond acceptors (Lipinski definition) is 0. The second-order valence-corrected chi connectivity index (χ2v) is 2.38. The molecule has 0 radical (unpaired) electrons. The molecule has 1 saturated carbocycles. The summed E-state index contributed by atoms with van der Waals surface area (Å²) < 4.78 is 0. The Bertz CT molecular complexity index is 46.0. The van der Waals surface area contributed by atoms with Gasteiger partial charge >= 0.3 is 0 Å². The summed E-state index contributed by atoms with van der Waals surface area (Å²) in [6, 6.07) is 0. The van der Waals surface area contributed by atoms with Crippen LogP contribution in [-0.2, 0) is 0 Å². The highest BCUT2D eigenvalue weighted by Crippen LogP contribution is 2.39. The molecule has 2 atom stereocenters. The van der Waals surface area contributed by atoms with Gasteiger partial charge in [-0.2, -0.15) is 0 Å². The van der Waals surface area contributed by atoms with Gasteiger partial charge in [0.25, 0.3) is 0 Å². The predicted molar refractivity (Wildman–Crippen MR) is 27.6 cm³/mol. The second-order valence-electron chi connectivity index (χ2n) is 2.38. The van der Waals surface area contributed by atoms with Crippen LogP contribution in [0.5, 0.6) is 0 Å². The van der Waals surface area contributed by atoms with Crippen molar-refractivity contribution in [2.75, 3.05) is 0 Å². The monoisotopic (exact) mass is 84.1 g/mol. The van der Waals surface area contributed by atoms with E-state index >= 15 is 0 Å². The molecule has 0 amide bonds. The topological polar surface area (TPSA) is 0 Å². The zero-order valence-electron chi connectivity index (χ0n) is 4.57. The molecule has 0 aromatic heterocycles. The first kappa shape index (κ1) is 4.17. The molecule has 0 aliphatic heterocycles. The van der Waals surface area contributed by atoms with Gasteiger partial charge in [0.15, 0.2) is 0 Å². The third kappa shape index (κ3) is 0.562. The van der Waals surface area contributed by atoms with Crippen molar-refractivity contribution >= 4 is 0 Å². The maximum absolute atomic E-state index is 2.33. The molecule has 0 heteroatoms. The van der Waals surface area contributed by atoms with Gasteiger partial charge < -0.3 is 0 Å². The minimum atomic E-state index is 1.06. The van der Waals surface area contributed by atoms with Crippen molar-refractivity contribution in [2.45, 2.75) is 26.7 Å². The lowest BCUT2D eigenvalue weighted by molar-refractivity contribution is 0.724. The van der Waals surface area contributed by atoms with E-state index < -0.39 is 0 Å². The summed E-state index contributed by atoms with van der Waals surface area (Å²) in [7, 11) is 0. The van der Waals surface area contributed by atoms with Crippen molar-refractivity contribution in [2.24, 2.45) is 11.8 Å². The van der Waals surface area contributed by atoms with E-state index in [4.69, 9.17) is 0 Å². The molecule has 1 aliphatic rings. The highest BCUT2D eigenvalue weighted by molar-refractivity contribution is 4.80. The Kier molecular flexibility index (Phi) is 0.868. The van der Waals surface area contributed by atoms with Crippen molar-refractivity contribution in [3.8, 4) is 0 Å². The molecule has 0 N–H and O–H groups in total. The summed E-state index contributed by atoms with van der Waals surface area (Å²) in [4.78, 5) is 0. The fourth-order valence-electron chi connectivity index (χ4n) is 0.968. The Balaban J connectivity index is 2.09. The maximum Gasteiger partial charge on any atom is -0.0388 e. The number of hydrogen-bond donors (Lipinski definition) is 0. The molecule has 36 valence electrons. The summed E-state index contributed by atoms with van der Waals surface area (Å²) in [5.74, 6) is 2.17. The van der Waals surface area contributed by atoms with Crippen molar-refractivity contribution < 1.29 is 0 Å². The van der Waals surface area contributed by atoms with Gasteiger partial charge in [-0.25, -0.2) is 0 Å². The van der Waals surface area contributed by atoms with Crippen LogP contribution < -0.4 is 0 Å². The highest BCUT2D eigenvalue weighted by atomic mass is 14.3. The quantitative estimate of drug-likeness (QED) is 0.456. The average Bonchev–Trinajstić information content (AvgIpc) is 2.19. The lowest BCUT2D eigenvalue weighted by Crippen LogP contribution is -1.68. The molecule has 1 fully saturated rings. The van der Waals surface area contributed by atoms with E-state index in [-0.39, 0.29) is 0 Å². The molecule has 0 bridgehead atoms. The molecular weight excluding hydrogens is 72.1 g/mol. The van der Waals surface area contributed by atoms with Crippen molar-refractivity contribution in [1.29, 1.82) is 0 Å². The van der Waals surface area contributed by atoms with Crippen LogP contribution in [0.2, 0.25) is 0 Å². The summed E-state index contributed by atoms with van der Waals surface area (Å²) in [5, 5.41) is 0. The molecule has 0 aromatic rings. The van der Waals surface area contributed by atoms with Crippen LogP contribution in [0, 0.1) is 11.8 Å². The molecule has 0 aromatic carbocycles. The van der Waals surface area contributed by atoms with Crippen LogP contribution in [-0.4, -0.2) is 0 Å². The lowest BCUT2D eigenvalue weighted by Gasteiger charge is -1.79. The normalized spacial score (nSPS) is 43.0. The van der Waals surface area contributed by atoms with E-state index in [0.717, 1.165) is 11.8 Å². The molecule has 0 unspecified atom stereocenters. The molecule has 0 saturated heterocycles. The molecular formula is C6H12. The van der Waals surface area contributed by atoms with E-state index in [9.17, 15) is 0 Å². The van der Waals surface area contributed by atoms with Gasteiger partial charge in [-0.3, -0.25) is 0 Å². The van der Waals surface area contributed by atoms with Gasteiger partial charge in [-0.1, -0.05) is 20.3 Å². The maximum atomic E-state index is 2.33. The molecule has 0 heterocycles. The largest absolute Gasteiger partial charge is 0.0651 e. The van der Waals surface area contributed by atoms with Crippen LogP contribution in [0.3, 0.4) is 0 Å². The Labute approximate surface area is 39.6 Å². The van der Waals surface area contributed by atoms with Gasteiger partial charge in [0.1, 0.15) is 0 Å². The summed E-state index contributed by atoms with van der Waals surface area (Å²) >= 11 is 0. The number of rotatable bonds is 1. The minimum Gasteiger partial charge on any atom is -0.0651 e. The zero-order chi connectivity index (χ0) is 4.57. The Morgan fingerprint density at radius 1 is 1.67 bits per heavy atom. The van der Waals surface area contributed by atoms with Crippen LogP contribution in [0.1, 0.15) is 26.7 Å². The summed E-state index contributed by atoms with van der Waals surface area (Å²) in [5.41, 5.74) is 0. The molecule has 1 aliphatic carbocycles. The third-order valence-electron chi connectivity index (χ3n) is 1.80. The van der Waals surface area contributed by atoms with Gasteiger partial charge in [-0.15, -0.1) is 0 Å². The first-order valence-corrected chi connectivity index (χ1v) is 2.84. The summed E-state index contributed by atoms with van der Waals surface area (Å²) in [6.07, 6.45) is 2.90. The highest BCUT2D eigenvalue weighted by Gasteiger charge is 2.29. The van der Waals surface area contributed by atoms with Gasteiger partial charge in [0, 0.05) is 0 Å².